The molecule has 260 valence electrons. The highest BCUT2D eigenvalue weighted by molar-refractivity contribution is 8.00. The minimum atomic E-state index is -1.10. The van der Waals surface area contributed by atoms with Crippen LogP contribution in [-0.4, -0.2) is 47.3 Å². The number of amides is 1. The number of fused-ring (bicyclic) bond motifs is 1. The van der Waals surface area contributed by atoms with Crippen molar-refractivity contribution in [3.8, 4) is 17.2 Å². The molecule has 0 bridgehead atoms. The Labute approximate surface area is 306 Å². The molecular weight excluding hydrogens is 721 g/mol. The minimum absolute atomic E-state index is 0.0695. The molecule has 50 heavy (non-hydrogen) atoms. The summed E-state index contributed by atoms with van der Waals surface area (Å²) < 4.78 is 23.9. The van der Waals surface area contributed by atoms with Gasteiger partial charge in [0.2, 0.25) is 10.9 Å². The van der Waals surface area contributed by atoms with Crippen LogP contribution in [0.25, 0.3) is 11.0 Å². The number of anilines is 1. The van der Waals surface area contributed by atoms with Crippen molar-refractivity contribution in [1.82, 2.24) is 10.2 Å². The van der Waals surface area contributed by atoms with Crippen LogP contribution in [-0.2, 0) is 10.5 Å². The van der Waals surface area contributed by atoms with E-state index in [0.29, 0.717) is 67.1 Å². The molecule has 1 N–H and O–H groups in total. The number of hydrogen-bond acceptors (Lipinski definition) is 11. The standard InChI is InChI=1S/C36H33Cl2N3O7S2/c1-4-6-7-15-47-25-14-12-20(16-27(25)46-5-2)30-29(31(42)28-17-21-9-8-10-26(45-3)33(21)48-28)32(43)34(44)41(30)35-39-40-36(50-35)49-19-22-11-13-23(37)18-24(22)38/h8-14,16-18,30,43H,4-7,15,19H2,1-3H3. The average Bonchev–Trinajstić information content (AvgIpc) is 3.83. The number of carbonyl (C=O) groups is 2. The van der Waals surface area contributed by atoms with Crippen molar-refractivity contribution < 1.29 is 33.3 Å². The van der Waals surface area contributed by atoms with Crippen molar-refractivity contribution in [3.05, 3.63) is 98.9 Å². The van der Waals surface area contributed by atoms with E-state index < -0.39 is 23.5 Å². The number of aliphatic hydroxyl groups is 1. The van der Waals surface area contributed by atoms with E-state index in [1.54, 1.807) is 54.6 Å². The molecule has 0 spiro atoms. The molecule has 1 aliphatic heterocycles. The van der Waals surface area contributed by atoms with E-state index in [-0.39, 0.29) is 16.5 Å². The SMILES string of the molecule is CCCCCOc1ccc(C2C(C(=O)c3cc4cccc(OC)c4o3)=C(O)C(=O)N2c2nnc(SCc3ccc(Cl)cc3Cl)s2)cc1OCC. The van der Waals surface area contributed by atoms with Crippen molar-refractivity contribution in [1.29, 1.82) is 0 Å². The number of halogens is 2. The number of ether oxygens (including phenoxy) is 3. The van der Waals surface area contributed by atoms with Gasteiger partial charge in [-0.3, -0.25) is 14.5 Å². The topological polar surface area (TPSA) is 124 Å². The van der Waals surface area contributed by atoms with Gasteiger partial charge in [-0.2, -0.15) is 0 Å². The molecule has 0 saturated carbocycles. The summed E-state index contributed by atoms with van der Waals surface area (Å²) in [6.45, 7) is 4.83. The molecule has 5 aromatic rings. The van der Waals surface area contributed by atoms with Crippen LogP contribution in [0.2, 0.25) is 10.0 Å². The number of para-hydroxylation sites is 1. The van der Waals surface area contributed by atoms with Crippen LogP contribution in [0.1, 0.15) is 60.8 Å². The first kappa shape index (κ1) is 35.6. The van der Waals surface area contributed by atoms with E-state index in [1.807, 2.05) is 13.0 Å². The fourth-order valence-corrected chi connectivity index (χ4v) is 7.97. The number of rotatable bonds is 15. The van der Waals surface area contributed by atoms with Gasteiger partial charge in [0.1, 0.15) is 0 Å². The molecule has 1 amide bonds. The second kappa shape index (κ2) is 15.8. The van der Waals surface area contributed by atoms with Crippen LogP contribution in [0.5, 0.6) is 17.2 Å². The van der Waals surface area contributed by atoms with Gasteiger partial charge >= 0.3 is 0 Å². The number of aromatic nitrogens is 2. The number of aliphatic hydroxyl groups excluding tert-OH is 1. The first-order valence-electron chi connectivity index (χ1n) is 15.9. The van der Waals surface area contributed by atoms with Crippen LogP contribution in [0.15, 0.2) is 80.8 Å². The first-order valence-corrected chi connectivity index (χ1v) is 18.5. The maximum Gasteiger partial charge on any atom is 0.296 e. The zero-order chi connectivity index (χ0) is 35.4. The van der Waals surface area contributed by atoms with Crippen molar-refractivity contribution >= 4 is 74.1 Å². The first-order chi connectivity index (χ1) is 24.2. The molecule has 1 unspecified atom stereocenters. The third kappa shape index (κ3) is 7.29. The lowest BCUT2D eigenvalue weighted by Crippen LogP contribution is -2.31. The molecule has 0 radical (unpaired) electrons. The number of Topliss-reactive ketones (excluding diaryl/α,β-unsaturated/α-hetero) is 1. The number of carbonyl (C=O) groups excluding carboxylic acids is 2. The van der Waals surface area contributed by atoms with Gasteiger partial charge in [0.15, 0.2) is 38.7 Å². The Balaban J connectivity index is 1.39. The van der Waals surface area contributed by atoms with Gasteiger partial charge in [-0.05, 0) is 60.9 Å². The highest BCUT2D eigenvalue weighted by Gasteiger charge is 2.47. The van der Waals surface area contributed by atoms with Crippen LogP contribution in [0, 0.1) is 0 Å². The van der Waals surface area contributed by atoms with Gasteiger partial charge in [-0.25, -0.2) is 0 Å². The smallest absolute Gasteiger partial charge is 0.296 e. The summed E-state index contributed by atoms with van der Waals surface area (Å²) in [6.07, 6.45) is 2.96. The van der Waals surface area contributed by atoms with E-state index >= 15 is 0 Å². The predicted molar refractivity (Wildman–Crippen MR) is 196 cm³/mol. The van der Waals surface area contributed by atoms with E-state index in [9.17, 15) is 14.7 Å². The number of hydrogen-bond donors (Lipinski definition) is 1. The maximum atomic E-state index is 14.3. The quantitative estimate of drug-likeness (QED) is 0.0478. The molecule has 0 fully saturated rings. The van der Waals surface area contributed by atoms with Gasteiger partial charge in [-0.15, -0.1) is 10.2 Å². The summed E-state index contributed by atoms with van der Waals surface area (Å²) in [5, 5.41) is 21.9. The number of furan rings is 1. The van der Waals surface area contributed by atoms with Crippen molar-refractivity contribution in [3.63, 3.8) is 0 Å². The van der Waals surface area contributed by atoms with Gasteiger partial charge in [0.05, 0.1) is 31.9 Å². The lowest BCUT2D eigenvalue weighted by molar-refractivity contribution is -0.117. The van der Waals surface area contributed by atoms with E-state index in [1.165, 1.54) is 23.8 Å². The maximum absolute atomic E-state index is 14.3. The molecule has 10 nitrogen and oxygen atoms in total. The molecule has 1 atom stereocenters. The fourth-order valence-electron chi connectivity index (χ4n) is 5.54. The molecule has 0 aliphatic carbocycles. The van der Waals surface area contributed by atoms with E-state index in [2.05, 4.69) is 17.1 Å². The summed E-state index contributed by atoms with van der Waals surface area (Å²) in [5.41, 5.74) is 1.53. The fraction of sp³-hybridized carbons (Fsp3) is 0.278. The zero-order valence-corrected chi connectivity index (χ0v) is 30.5. The number of thioether (sulfide) groups is 1. The second-order valence-electron chi connectivity index (χ2n) is 11.2. The molecule has 14 heteroatoms. The summed E-state index contributed by atoms with van der Waals surface area (Å²) in [7, 11) is 1.50. The average molecular weight is 755 g/mol. The van der Waals surface area contributed by atoms with Crippen LogP contribution < -0.4 is 19.1 Å². The van der Waals surface area contributed by atoms with Gasteiger partial charge in [0.25, 0.3) is 5.91 Å². The Kier molecular flexibility index (Phi) is 11.2. The number of methoxy groups -OCH3 is 1. The Morgan fingerprint density at radius 1 is 1.02 bits per heavy atom. The number of ketones is 1. The van der Waals surface area contributed by atoms with Crippen LogP contribution in [0.4, 0.5) is 5.13 Å². The van der Waals surface area contributed by atoms with Crippen molar-refractivity contribution in [2.24, 2.45) is 0 Å². The Hall–Kier alpha value is -4.23. The number of benzene rings is 3. The predicted octanol–water partition coefficient (Wildman–Crippen LogP) is 9.64. The molecule has 2 aromatic heterocycles. The van der Waals surface area contributed by atoms with Gasteiger partial charge in [0, 0.05) is 21.2 Å². The molecule has 6 rings (SSSR count). The third-order valence-electron chi connectivity index (χ3n) is 7.96. The van der Waals surface area contributed by atoms with Crippen molar-refractivity contribution in [2.75, 3.05) is 25.2 Å². The van der Waals surface area contributed by atoms with Gasteiger partial charge < -0.3 is 23.7 Å². The minimum Gasteiger partial charge on any atom is -0.503 e. The lowest BCUT2D eigenvalue weighted by Gasteiger charge is -2.25. The summed E-state index contributed by atoms with van der Waals surface area (Å²) in [6, 6.07) is 16.2. The van der Waals surface area contributed by atoms with E-state index in [0.717, 1.165) is 36.2 Å². The highest BCUT2D eigenvalue weighted by Crippen LogP contribution is 2.46. The molecule has 0 saturated heterocycles. The molecular formula is C36H33Cl2N3O7S2. The van der Waals surface area contributed by atoms with E-state index in [4.69, 9.17) is 41.8 Å². The molecule has 3 aromatic carbocycles. The Morgan fingerprint density at radius 2 is 1.86 bits per heavy atom. The Morgan fingerprint density at radius 3 is 2.62 bits per heavy atom. The Bertz CT molecular complexity index is 2080. The van der Waals surface area contributed by atoms with Crippen LogP contribution in [0.3, 0.4) is 0 Å². The monoisotopic (exact) mass is 753 g/mol. The van der Waals surface area contributed by atoms with Crippen molar-refractivity contribution in [2.45, 2.75) is 49.2 Å². The summed E-state index contributed by atoms with van der Waals surface area (Å²) in [4.78, 5) is 29.5. The van der Waals surface area contributed by atoms with Gasteiger partial charge in [-0.1, -0.05) is 90.3 Å². The summed E-state index contributed by atoms with van der Waals surface area (Å²) in [5.74, 6) is -0.383. The summed E-state index contributed by atoms with van der Waals surface area (Å²) >= 11 is 14.9. The number of nitrogens with zero attached hydrogens (tertiary/aromatic N) is 3. The number of unbranched alkanes of at least 4 members (excludes halogenated alkanes) is 2. The largest absolute Gasteiger partial charge is 0.503 e. The highest BCUT2D eigenvalue weighted by atomic mass is 35.5. The van der Waals surface area contributed by atoms with Crippen LogP contribution >= 0.6 is 46.3 Å². The lowest BCUT2D eigenvalue weighted by atomic mass is 9.95. The molecule has 3 heterocycles. The normalized spacial score (nSPS) is 14.5. The third-order valence-corrected chi connectivity index (χ3v) is 10.7. The second-order valence-corrected chi connectivity index (χ2v) is 14.3. The zero-order valence-electron chi connectivity index (χ0n) is 27.4. The molecule has 1 aliphatic rings.